The second-order valence-corrected chi connectivity index (χ2v) is 5.74. The smallest absolute Gasteiger partial charge is 0.303 e. The summed E-state index contributed by atoms with van der Waals surface area (Å²) < 4.78 is 36.3. The van der Waals surface area contributed by atoms with Crippen molar-refractivity contribution in [2.24, 2.45) is 0 Å². The van der Waals surface area contributed by atoms with Gasteiger partial charge in [-0.1, -0.05) is 6.07 Å². The molecular weight excluding hydrogens is 247 g/mol. The summed E-state index contributed by atoms with van der Waals surface area (Å²) in [5, 5.41) is 8.40. The summed E-state index contributed by atoms with van der Waals surface area (Å²) in [6.07, 6.45) is 0.494. The summed E-state index contributed by atoms with van der Waals surface area (Å²) in [6.45, 7) is 0. The molecule has 0 aromatic heterocycles. The van der Waals surface area contributed by atoms with Gasteiger partial charge in [0.2, 0.25) is 0 Å². The average molecular weight is 260 g/mol. The first-order valence-electron chi connectivity index (χ1n) is 5.12. The van der Waals surface area contributed by atoms with Gasteiger partial charge in [-0.2, -0.15) is 0 Å². The van der Waals surface area contributed by atoms with Crippen molar-refractivity contribution >= 4 is 15.8 Å². The highest BCUT2D eigenvalue weighted by atomic mass is 32.2. The molecule has 0 aliphatic rings. The second-order valence-electron chi connectivity index (χ2n) is 3.63. The summed E-state index contributed by atoms with van der Waals surface area (Å²) in [5.41, 5.74) is 0. The fourth-order valence-electron chi connectivity index (χ4n) is 1.35. The second kappa shape index (κ2) is 5.77. The van der Waals surface area contributed by atoms with Gasteiger partial charge in [0.15, 0.2) is 9.84 Å². The van der Waals surface area contributed by atoms with E-state index in [-0.39, 0.29) is 23.5 Å². The van der Waals surface area contributed by atoms with E-state index in [1.807, 2.05) is 0 Å². The zero-order chi connectivity index (χ0) is 12.9. The van der Waals surface area contributed by atoms with Crippen molar-refractivity contribution in [3.05, 3.63) is 30.1 Å². The van der Waals surface area contributed by atoms with Gasteiger partial charge in [0, 0.05) is 6.42 Å². The van der Waals surface area contributed by atoms with Crippen molar-refractivity contribution in [2.45, 2.75) is 24.2 Å². The third-order valence-corrected chi connectivity index (χ3v) is 4.01. The molecule has 94 valence electrons. The Morgan fingerprint density at radius 2 is 2.00 bits per heavy atom. The SMILES string of the molecule is O=C(O)CCCCS(=O)(=O)c1cccc(F)c1. The van der Waals surface area contributed by atoms with E-state index in [2.05, 4.69) is 0 Å². The Balaban J connectivity index is 2.60. The van der Waals surface area contributed by atoms with Gasteiger partial charge < -0.3 is 5.11 Å². The minimum atomic E-state index is -3.51. The van der Waals surface area contributed by atoms with Crippen LogP contribution in [0.1, 0.15) is 19.3 Å². The number of carboxylic acids is 1. The molecule has 0 atom stereocenters. The van der Waals surface area contributed by atoms with Crippen LogP contribution in [0.3, 0.4) is 0 Å². The lowest BCUT2D eigenvalue weighted by Gasteiger charge is -2.03. The number of aliphatic carboxylic acids is 1. The Morgan fingerprint density at radius 3 is 2.59 bits per heavy atom. The molecule has 1 rings (SSSR count). The van der Waals surface area contributed by atoms with Gasteiger partial charge in [-0.3, -0.25) is 4.79 Å². The van der Waals surface area contributed by atoms with Crippen molar-refractivity contribution in [3.63, 3.8) is 0 Å². The Bertz CT molecular complexity index is 496. The van der Waals surface area contributed by atoms with Gasteiger partial charge in [0.05, 0.1) is 10.6 Å². The van der Waals surface area contributed by atoms with E-state index in [1.165, 1.54) is 18.2 Å². The highest BCUT2D eigenvalue weighted by Gasteiger charge is 2.14. The first-order chi connectivity index (χ1) is 7.92. The number of rotatable bonds is 6. The zero-order valence-corrected chi connectivity index (χ0v) is 9.91. The van der Waals surface area contributed by atoms with Gasteiger partial charge in [-0.15, -0.1) is 0 Å². The lowest BCUT2D eigenvalue weighted by molar-refractivity contribution is -0.137. The average Bonchev–Trinajstić information content (AvgIpc) is 2.24. The Morgan fingerprint density at radius 1 is 1.29 bits per heavy atom. The molecule has 0 spiro atoms. The third kappa shape index (κ3) is 4.52. The van der Waals surface area contributed by atoms with Crippen molar-refractivity contribution < 1.29 is 22.7 Å². The monoisotopic (exact) mass is 260 g/mol. The van der Waals surface area contributed by atoms with Crippen LogP contribution in [0.2, 0.25) is 0 Å². The van der Waals surface area contributed by atoms with Crippen molar-refractivity contribution in [2.75, 3.05) is 5.75 Å². The molecule has 0 unspecified atom stereocenters. The summed E-state index contributed by atoms with van der Waals surface area (Å²) in [6, 6.07) is 4.80. The molecule has 0 fully saturated rings. The van der Waals surface area contributed by atoms with E-state index < -0.39 is 21.6 Å². The molecule has 0 aliphatic carbocycles. The molecule has 1 aromatic rings. The molecule has 0 amide bonds. The van der Waals surface area contributed by atoms with Crippen LogP contribution >= 0.6 is 0 Å². The van der Waals surface area contributed by atoms with Crippen LogP contribution in [0, 0.1) is 5.82 Å². The minimum Gasteiger partial charge on any atom is -0.481 e. The number of halogens is 1. The fraction of sp³-hybridized carbons (Fsp3) is 0.364. The van der Waals surface area contributed by atoms with Crippen LogP contribution in [0.4, 0.5) is 4.39 Å². The topological polar surface area (TPSA) is 71.4 Å². The maximum absolute atomic E-state index is 12.8. The quantitative estimate of drug-likeness (QED) is 0.792. The standard InChI is InChI=1S/C11H13FO4S/c12-9-4-3-5-10(8-9)17(15,16)7-2-1-6-11(13)14/h3-5,8H,1-2,6-7H2,(H,13,14). The Labute approximate surface area is 99.0 Å². The summed E-state index contributed by atoms with van der Waals surface area (Å²) in [4.78, 5) is 10.2. The minimum absolute atomic E-state index is 0.0569. The van der Waals surface area contributed by atoms with Gasteiger partial charge >= 0.3 is 5.97 Å². The highest BCUT2D eigenvalue weighted by molar-refractivity contribution is 7.91. The lowest BCUT2D eigenvalue weighted by Crippen LogP contribution is -2.07. The van der Waals surface area contributed by atoms with E-state index in [0.717, 1.165) is 6.07 Å². The molecule has 1 N–H and O–H groups in total. The lowest BCUT2D eigenvalue weighted by atomic mass is 10.2. The molecule has 0 bridgehead atoms. The molecule has 1 aromatic carbocycles. The predicted octanol–water partition coefficient (Wildman–Crippen LogP) is 1.85. The fourth-order valence-corrected chi connectivity index (χ4v) is 2.74. The van der Waals surface area contributed by atoms with Crippen LogP contribution in [-0.4, -0.2) is 25.2 Å². The molecule has 0 heterocycles. The number of benzene rings is 1. The summed E-state index contributed by atoms with van der Waals surface area (Å²) in [5.74, 6) is -1.71. The number of carbonyl (C=O) groups is 1. The van der Waals surface area contributed by atoms with E-state index in [1.54, 1.807) is 0 Å². The molecule has 17 heavy (non-hydrogen) atoms. The first kappa shape index (κ1) is 13.6. The van der Waals surface area contributed by atoms with Crippen molar-refractivity contribution in [3.8, 4) is 0 Å². The zero-order valence-electron chi connectivity index (χ0n) is 9.10. The molecule has 0 radical (unpaired) electrons. The Kier molecular flexibility index (Phi) is 4.62. The van der Waals surface area contributed by atoms with Crippen LogP contribution in [0.5, 0.6) is 0 Å². The normalized spacial score (nSPS) is 11.4. The predicted molar refractivity (Wildman–Crippen MR) is 59.9 cm³/mol. The van der Waals surface area contributed by atoms with Crippen LogP contribution in [-0.2, 0) is 14.6 Å². The molecule has 6 heteroatoms. The molecule has 0 saturated heterocycles. The van der Waals surface area contributed by atoms with Crippen molar-refractivity contribution in [1.82, 2.24) is 0 Å². The molecule has 0 saturated carbocycles. The van der Waals surface area contributed by atoms with Gasteiger partial charge in [0.25, 0.3) is 0 Å². The largest absolute Gasteiger partial charge is 0.481 e. The van der Waals surface area contributed by atoms with Gasteiger partial charge in [0.1, 0.15) is 5.82 Å². The number of hydrogen-bond acceptors (Lipinski definition) is 3. The molecular formula is C11H13FO4S. The van der Waals surface area contributed by atoms with Crippen LogP contribution in [0.15, 0.2) is 29.2 Å². The maximum Gasteiger partial charge on any atom is 0.303 e. The van der Waals surface area contributed by atoms with E-state index >= 15 is 0 Å². The number of hydrogen-bond donors (Lipinski definition) is 1. The van der Waals surface area contributed by atoms with Gasteiger partial charge in [-0.25, -0.2) is 12.8 Å². The number of carboxylic acid groups (broad SMARTS) is 1. The number of sulfone groups is 1. The molecule has 0 aliphatic heterocycles. The summed E-state index contributed by atoms with van der Waals surface area (Å²) in [7, 11) is -3.51. The first-order valence-corrected chi connectivity index (χ1v) is 6.77. The Hall–Kier alpha value is -1.43. The maximum atomic E-state index is 12.8. The van der Waals surface area contributed by atoms with Gasteiger partial charge in [-0.05, 0) is 31.0 Å². The highest BCUT2D eigenvalue weighted by Crippen LogP contribution is 2.14. The summed E-state index contributed by atoms with van der Waals surface area (Å²) >= 11 is 0. The van der Waals surface area contributed by atoms with E-state index in [4.69, 9.17) is 5.11 Å². The molecule has 4 nitrogen and oxygen atoms in total. The van der Waals surface area contributed by atoms with E-state index in [9.17, 15) is 17.6 Å². The van der Waals surface area contributed by atoms with Crippen molar-refractivity contribution in [1.29, 1.82) is 0 Å². The number of unbranched alkanes of at least 4 members (excludes halogenated alkanes) is 1. The van der Waals surface area contributed by atoms with Crippen LogP contribution < -0.4 is 0 Å². The third-order valence-electron chi connectivity index (χ3n) is 2.21. The van der Waals surface area contributed by atoms with E-state index in [0.29, 0.717) is 6.42 Å². The van der Waals surface area contributed by atoms with Crippen LogP contribution in [0.25, 0.3) is 0 Å².